The number of ether oxygens (including phenoxy) is 1. The van der Waals surface area contributed by atoms with Crippen LogP contribution in [0, 0.1) is 3.57 Å². The van der Waals surface area contributed by atoms with Crippen molar-refractivity contribution in [1.82, 2.24) is 16.0 Å². The molecule has 1 aliphatic heterocycles. The molecular weight excluding hydrogens is 636 g/mol. The summed E-state index contributed by atoms with van der Waals surface area (Å²) in [6.07, 6.45) is -1.37. The number of carbonyl (C=O) groups excluding carboxylic acids is 3. The molecular formula is C24H26ClFIN5O6. The van der Waals surface area contributed by atoms with Gasteiger partial charge in [-0.3, -0.25) is 14.4 Å². The first kappa shape index (κ1) is 29.2. The van der Waals surface area contributed by atoms with Crippen molar-refractivity contribution in [1.29, 1.82) is 0 Å². The molecule has 2 aromatic rings. The second-order valence-corrected chi connectivity index (χ2v) is 9.80. The van der Waals surface area contributed by atoms with Gasteiger partial charge in [0.2, 0.25) is 5.91 Å². The number of aromatic hydroxyl groups is 2. The highest BCUT2D eigenvalue weighted by atomic mass is 127. The van der Waals surface area contributed by atoms with E-state index in [0.29, 0.717) is 20.2 Å². The van der Waals surface area contributed by atoms with E-state index in [0.717, 1.165) is 0 Å². The zero-order valence-corrected chi connectivity index (χ0v) is 23.1. The highest BCUT2D eigenvalue weighted by Crippen LogP contribution is 2.34. The van der Waals surface area contributed by atoms with Gasteiger partial charge >= 0.3 is 5.97 Å². The standard InChI is InChI=1S/C24H26ClFIN5O6/c1-2-38-21(35)8-19(17-5-13(25)6-18(27)22(17)36)32-20(34)11-28-23(37)12-3-15(7-16(33)4-12)31-24-29-9-14(26)10-30-24/h3-7,14,19,33,36H,2,8-11H2,1H3,(H,28,37)(H,32,34)(H2,29,30,31). The fourth-order valence-electron chi connectivity index (χ4n) is 3.54. The molecule has 2 aromatic carbocycles. The minimum atomic E-state index is -1.10. The second kappa shape index (κ2) is 13.5. The molecule has 0 saturated carbocycles. The number of phenolic OH excluding ortho intramolecular Hbond substituents is 2. The summed E-state index contributed by atoms with van der Waals surface area (Å²) >= 11 is 7.98. The van der Waals surface area contributed by atoms with E-state index in [1.54, 1.807) is 6.92 Å². The topological polar surface area (TPSA) is 161 Å². The summed E-state index contributed by atoms with van der Waals surface area (Å²) in [5.74, 6) is -1.99. The summed E-state index contributed by atoms with van der Waals surface area (Å²) in [4.78, 5) is 41.5. The summed E-state index contributed by atoms with van der Waals surface area (Å²) in [6, 6.07) is 5.97. The van der Waals surface area contributed by atoms with Gasteiger partial charge in [0.05, 0.1) is 42.3 Å². The van der Waals surface area contributed by atoms with Crippen LogP contribution in [0.4, 0.5) is 10.1 Å². The lowest BCUT2D eigenvalue weighted by Gasteiger charge is -2.21. The molecule has 14 heteroatoms. The average Bonchev–Trinajstić information content (AvgIpc) is 2.85. The Morgan fingerprint density at radius 2 is 2.03 bits per heavy atom. The SMILES string of the molecule is CCOC(=O)CC(NC(=O)CNC(=O)c1cc(O)cc(NC2=NCC(F)CN2)c1)c1cc(Cl)cc(I)c1O. The Bertz CT molecular complexity index is 1250. The molecule has 0 bridgehead atoms. The van der Waals surface area contributed by atoms with E-state index in [2.05, 4.69) is 26.3 Å². The van der Waals surface area contributed by atoms with Crippen molar-refractivity contribution in [3.8, 4) is 11.5 Å². The number of hydrogen-bond donors (Lipinski definition) is 6. The Kier molecular flexibility index (Phi) is 10.4. The highest BCUT2D eigenvalue weighted by molar-refractivity contribution is 14.1. The Morgan fingerprint density at radius 3 is 2.71 bits per heavy atom. The number of halogens is 3. The Labute approximate surface area is 236 Å². The number of benzene rings is 2. The predicted octanol–water partition coefficient (Wildman–Crippen LogP) is 2.61. The molecule has 1 aliphatic rings. The van der Waals surface area contributed by atoms with Crippen molar-refractivity contribution in [2.45, 2.75) is 25.6 Å². The number of nitrogens with zero attached hydrogens (tertiary/aromatic N) is 1. The Hall–Kier alpha value is -3.33. The lowest BCUT2D eigenvalue weighted by molar-refractivity contribution is -0.143. The number of phenols is 2. The van der Waals surface area contributed by atoms with E-state index in [-0.39, 0.29) is 48.7 Å². The molecule has 2 atom stereocenters. The quantitative estimate of drug-likeness (QED) is 0.177. The summed E-state index contributed by atoms with van der Waals surface area (Å²) in [6.45, 7) is 1.37. The van der Waals surface area contributed by atoms with E-state index in [1.807, 2.05) is 22.6 Å². The zero-order chi connectivity index (χ0) is 27.8. The number of hydrogen-bond acceptors (Lipinski definition) is 9. The molecule has 0 fully saturated rings. The minimum Gasteiger partial charge on any atom is -0.508 e. The average molecular weight is 662 g/mol. The molecule has 204 valence electrons. The normalized spacial score (nSPS) is 15.5. The molecule has 1 heterocycles. The first-order chi connectivity index (χ1) is 18.0. The first-order valence-corrected chi connectivity index (χ1v) is 13.0. The van der Waals surface area contributed by atoms with Crippen molar-refractivity contribution in [2.24, 2.45) is 4.99 Å². The number of aliphatic imine (C=N–C) groups is 1. The van der Waals surface area contributed by atoms with E-state index >= 15 is 0 Å². The number of esters is 1. The monoisotopic (exact) mass is 661 g/mol. The molecule has 11 nitrogen and oxygen atoms in total. The maximum absolute atomic E-state index is 13.2. The molecule has 0 saturated heterocycles. The van der Waals surface area contributed by atoms with Gasteiger partial charge in [-0.15, -0.1) is 0 Å². The van der Waals surface area contributed by atoms with Gasteiger partial charge in [-0.1, -0.05) is 11.6 Å². The molecule has 2 unspecified atom stereocenters. The van der Waals surface area contributed by atoms with Crippen LogP contribution in [-0.2, 0) is 14.3 Å². The van der Waals surface area contributed by atoms with Gasteiger partial charge in [0, 0.05) is 27.9 Å². The molecule has 38 heavy (non-hydrogen) atoms. The molecule has 0 radical (unpaired) electrons. The van der Waals surface area contributed by atoms with Gasteiger partial charge in [0.25, 0.3) is 5.91 Å². The van der Waals surface area contributed by atoms with Crippen molar-refractivity contribution < 1.29 is 33.7 Å². The Balaban J connectivity index is 1.67. The molecule has 0 aliphatic carbocycles. The first-order valence-electron chi connectivity index (χ1n) is 11.5. The highest BCUT2D eigenvalue weighted by Gasteiger charge is 2.24. The predicted molar refractivity (Wildman–Crippen MR) is 147 cm³/mol. The van der Waals surface area contributed by atoms with E-state index in [1.165, 1.54) is 30.3 Å². The number of amides is 2. The zero-order valence-electron chi connectivity index (χ0n) is 20.2. The number of anilines is 1. The van der Waals surface area contributed by atoms with Crippen molar-refractivity contribution >= 4 is 63.6 Å². The number of rotatable bonds is 9. The summed E-state index contributed by atoms with van der Waals surface area (Å²) in [7, 11) is 0. The van der Waals surface area contributed by atoms with Crippen LogP contribution in [0.2, 0.25) is 5.02 Å². The summed E-state index contributed by atoms with van der Waals surface area (Å²) < 4.78 is 18.6. The third-order valence-electron chi connectivity index (χ3n) is 5.24. The van der Waals surface area contributed by atoms with Crippen LogP contribution >= 0.6 is 34.2 Å². The van der Waals surface area contributed by atoms with Crippen molar-refractivity contribution in [3.05, 3.63) is 50.1 Å². The second-order valence-electron chi connectivity index (χ2n) is 8.20. The maximum atomic E-state index is 13.2. The van der Waals surface area contributed by atoms with E-state index < -0.39 is 36.5 Å². The van der Waals surface area contributed by atoms with Crippen LogP contribution in [0.1, 0.15) is 35.3 Å². The fraction of sp³-hybridized carbons (Fsp3) is 0.333. The number of carbonyl (C=O) groups is 3. The molecule has 0 spiro atoms. The third-order valence-corrected chi connectivity index (χ3v) is 6.28. The number of nitrogens with one attached hydrogen (secondary N) is 4. The van der Waals surface area contributed by atoms with Gasteiger partial charge in [0.15, 0.2) is 5.96 Å². The van der Waals surface area contributed by atoms with Crippen LogP contribution in [0.25, 0.3) is 0 Å². The van der Waals surface area contributed by atoms with Gasteiger partial charge in [0.1, 0.15) is 17.7 Å². The smallest absolute Gasteiger partial charge is 0.308 e. The summed E-state index contributed by atoms with van der Waals surface area (Å²) in [5, 5.41) is 31.5. The minimum absolute atomic E-state index is 0.0140. The van der Waals surface area contributed by atoms with Gasteiger partial charge in [-0.05, 0) is 53.8 Å². The summed E-state index contributed by atoms with van der Waals surface area (Å²) in [5.41, 5.74) is 0.588. The van der Waals surface area contributed by atoms with Crippen LogP contribution in [-0.4, -0.2) is 66.4 Å². The van der Waals surface area contributed by atoms with Gasteiger partial charge in [-0.2, -0.15) is 0 Å². The van der Waals surface area contributed by atoms with Crippen LogP contribution in [0.3, 0.4) is 0 Å². The lowest BCUT2D eigenvalue weighted by atomic mass is 10.0. The van der Waals surface area contributed by atoms with Crippen LogP contribution in [0.15, 0.2) is 35.3 Å². The maximum Gasteiger partial charge on any atom is 0.308 e. The van der Waals surface area contributed by atoms with E-state index in [4.69, 9.17) is 16.3 Å². The molecule has 0 aromatic heterocycles. The number of alkyl halides is 1. The van der Waals surface area contributed by atoms with Crippen molar-refractivity contribution in [3.63, 3.8) is 0 Å². The van der Waals surface area contributed by atoms with Crippen LogP contribution in [0.5, 0.6) is 11.5 Å². The third kappa shape index (κ3) is 8.34. The molecule has 3 rings (SSSR count). The lowest BCUT2D eigenvalue weighted by Crippen LogP contribution is -2.41. The van der Waals surface area contributed by atoms with Gasteiger partial charge in [-0.25, -0.2) is 9.38 Å². The van der Waals surface area contributed by atoms with Crippen molar-refractivity contribution in [2.75, 3.05) is 31.6 Å². The Morgan fingerprint density at radius 1 is 1.26 bits per heavy atom. The fourth-order valence-corrected chi connectivity index (χ4v) is 4.60. The van der Waals surface area contributed by atoms with Crippen LogP contribution < -0.4 is 21.3 Å². The largest absolute Gasteiger partial charge is 0.508 e. The van der Waals surface area contributed by atoms with Gasteiger partial charge < -0.3 is 36.2 Å². The molecule has 6 N–H and O–H groups in total. The molecule has 2 amide bonds. The number of guanidine groups is 1. The van der Waals surface area contributed by atoms with E-state index in [9.17, 15) is 29.0 Å².